The molecular weight excluding hydrogens is 166 g/mol. The van der Waals surface area contributed by atoms with Gasteiger partial charge in [-0.1, -0.05) is 6.42 Å². The van der Waals surface area contributed by atoms with Gasteiger partial charge in [0.15, 0.2) is 0 Å². The summed E-state index contributed by atoms with van der Waals surface area (Å²) < 4.78 is 11.3. The molecule has 2 bridgehead atoms. The molecule has 1 saturated carbocycles. The van der Waals surface area contributed by atoms with E-state index in [1.54, 1.807) is 0 Å². The predicted octanol–water partition coefficient (Wildman–Crippen LogP) is 0.638. The molecule has 0 aromatic heterocycles. The molecule has 3 nitrogen and oxygen atoms in total. The number of hydrogen-bond donors (Lipinski definition) is 0. The van der Waals surface area contributed by atoms with Crippen molar-refractivity contribution < 1.29 is 9.47 Å². The van der Waals surface area contributed by atoms with Gasteiger partial charge in [0.2, 0.25) is 0 Å². The second-order valence-corrected chi connectivity index (χ2v) is 4.46. The van der Waals surface area contributed by atoms with Gasteiger partial charge in [0.25, 0.3) is 0 Å². The molecular formula is C10H17NO2. The molecule has 2 saturated heterocycles. The summed E-state index contributed by atoms with van der Waals surface area (Å²) in [6, 6.07) is 0.868. The van der Waals surface area contributed by atoms with Crippen molar-refractivity contribution in [3.63, 3.8) is 0 Å². The lowest BCUT2D eigenvalue weighted by Crippen LogP contribution is -2.58. The predicted molar refractivity (Wildman–Crippen MR) is 48.7 cm³/mol. The molecule has 3 aliphatic rings. The zero-order valence-electron chi connectivity index (χ0n) is 7.95. The first-order valence-corrected chi connectivity index (χ1v) is 5.39. The third kappa shape index (κ3) is 1.49. The third-order valence-electron chi connectivity index (χ3n) is 3.46. The quantitative estimate of drug-likeness (QED) is 0.595. The van der Waals surface area contributed by atoms with Gasteiger partial charge in [0.05, 0.1) is 25.4 Å². The fraction of sp³-hybridized carbons (Fsp3) is 1.00. The molecule has 13 heavy (non-hydrogen) atoms. The molecule has 0 spiro atoms. The highest BCUT2D eigenvalue weighted by Crippen LogP contribution is 2.28. The molecule has 1 aliphatic carbocycles. The molecule has 0 amide bonds. The Labute approximate surface area is 79.0 Å². The maximum absolute atomic E-state index is 5.80. The SMILES string of the molecule is C1CC(N2CC3COCC(C2)O3)C1. The molecule has 74 valence electrons. The summed E-state index contributed by atoms with van der Waals surface area (Å²) >= 11 is 0. The van der Waals surface area contributed by atoms with E-state index < -0.39 is 0 Å². The van der Waals surface area contributed by atoms with Crippen molar-refractivity contribution in [1.29, 1.82) is 0 Å². The summed E-state index contributed by atoms with van der Waals surface area (Å²) in [6.45, 7) is 3.81. The smallest absolute Gasteiger partial charge is 0.0940 e. The maximum Gasteiger partial charge on any atom is 0.0940 e. The molecule has 3 rings (SSSR count). The van der Waals surface area contributed by atoms with Gasteiger partial charge in [0.1, 0.15) is 0 Å². The first-order chi connectivity index (χ1) is 6.42. The van der Waals surface area contributed by atoms with Crippen LogP contribution in [0.25, 0.3) is 0 Å². The normalized spacial score (nSPS) is 41.5. The van der Waals surface area contributed by atoms with Gasteiger partial charge in [-0.25, -0.2) is 0 Å². The summed E-state index contributed by atoms with van der Waals surface area (Å²) in [5.74, 6) is 0. The molecule has 3 heteroatoms. The van der Waals surface area contributed by atoms with Crippen LogP contribution in [-0.2, 0) is 9.47 Å². The van der Waals surface area contributed by atoms with E-state index in [1.807, 2.05) is 0 Å². The molecule has 2 atom stereocenters. The van der Waals surface area contributed by atoms with Crippen LogP contribution in [0.15, 0.2) is 0 Å². The van der Waals surface area contributed by atoms with Crippen LogP contribution in [0.3, 0.4) is 0 Å². The average molecular weight is 183 g/mol. The monoisotopic (exact) mass is 183 g/mol. The Morgan fingerprint density at radius 3 is 2.23 bits per heavy atom. The van der Waals surface area contributed by atoms with E-state index >= 15 is 0 Å². The summed E-state index contributed by atoms with van der Waals surface area (Å²) in [5, 5.41) is 0. The number of nitrogens with zero attached hydrogens (tertiary/aromatic N) is 1. The van der Waals surface area contributed by atoms with Gasteiger partial charge in [0, 0.05) is 19.1 Å². The Bertz CT molecular complexity index is 181. The van der Waals surface area contributed by atoms with Crippen LogP contribution in [0.2, 0.25) is 0 Å². The molecule has 2 unspecified atom stereocenters. The molecule has 2 aliphatic heterocycles. The van der Waals surface area contributed by atoms with Crippen molar-refractivity contribution in [1.82, 2.24) is 4.90 Å². The van der Waals surface area contributed by atoms with Crippen molar-refractivity contribution >= 4 is 0 Å². The standard InChI is InChI=1S/C10H17NO2/c1-2-8(3-1)11-4-9-6-12-7-10(5-11)13-9/h8-10H,1-7H2. The fourth-order valence-corrected chi connectivity index (χ4v) is 2.52. The number of fused-ring (bicyclic) bond motifs is 2. The summed E-state index contributed by atoms with van der Waals surface area (Å²) in [4.78, 5) is 2.62. The lowest BCUT2D eigenvalue weighted by molar-refractivity contribution is -0.188. The van der Waals surface area contributed by atoms with Crippen molar-refractivity contribution in [2.24, 2.45) is 0 Å². The number of ether oxygens (including phenoxy) is 2. The van der Waals surface area contributed by atoms with E-state index in [1.165, 1.54) is 19.3 Å². The highest BCUT2D eigenvalue weighted by atomic mass is 16.6. The minimum absolute atomic E-state index is 0.355. The minimum Gasteiger partial charge on any atom is -0.376 e. The Kier molecular flexibility index (Phi) is 2.04. The lowest BCUT2D eigenvalue weighted by Gasteiger charge is -2.47. The van der Waals surface area contributed by atoms with Crippen molar-refractivity contribution in [3.05, 3.63) is 0 Å². The summed E-state index contributed by atoms with van der Waals surface area (Å²) in [7, 11) is 0. The van der Waals surface area contributed by atoms with Gasteiger partial charge >= 0.3 is 0 Å². The Hall–Kier alpha value is -0.120. The van der Waals surface area contributed by atoms with E-state index in [2.05, 4.69) is 4.90 Å². The minimum atomic E-state index is 0.355. The second-order valence-electron chi connectivity index (χ2n) is 4.46. The van der Waals surface area contributed by atoms with Crippen LogP contribution >= 0.6 is 0 Å². The van der Waals surface area contributed by atoms with Gasteiger partial charge in [-0.05, 0) is 12.8 Å². The maximum atomic E-state index is 5.80. The fourth-order valence-electron chi connectivity index (χ4n) is 2.52. The largest absolute Gasteiger partial charge is 0.376 e. The van der Waals surface area contributed by atoms with Crippen LogP contribution in [0.4, 0.5) is 0 Å². The molecule has 0 radical (unpaired) electrons. The Morgan fingerprint density at radius 1 is 1.00 bits per heavy atom. The Morgan fingerprint density at radius 2 is 1.69 bits per heavy atom. The number of morpholine rings is 1. The molecule has 0 aromatic carbocycles. The van der Waals surface area contributed by atoms with Crippen molar-refractivity contribution in [3.8, 4) is 0 Å². The van der Waals surface area contributed by atoms with Gasteiger partial charge in [-0.3, -0.25) is 4.90 Å². The van der Waals surface area contributed by atoms with Crippen LogP contribution in [0.5, 0.6) is 0 Å². The molecule has 2 heterocycles. The van der Waals surface area contributed by atoms with E-state index in [9.17, 15) is 0 Å². The van der Waals surface area contributed by atoms with Crippen LogP contribution in [0.1, 0.15) is 19.3 Å². The molecule has 3 fully saturated rings. The highest BCUT2D eigenvalue weighted by molar-refractivity contribution is 4.88. The average Bonchev–Trinajstić information content (AvgIpc) is 2.00. The van der Waals surface area contributed by atoms with Crippen molar-refractivity contribution in [2.45, 2.75) is 37.5 Å². The van der Waals surface area contributed by atoms with Gasteiger partial charge in [-0.2, -0.15) is 0 Å². The summed E-state index contributed by atoms with van der Waals surface area (Å²) in [6.07, 6.45) is 4.94. The van der Waals surface area contributed by atoms with E-state index in [4.69, 9.17) is 9.47 Å². The lowest BCUT2D eigenvalue weighted by atomic mass is 9.90. The van der Waals surface area contributed by atoms with E-state index in [-0.39, 0.29) is 0 Å². The first-order valence-electron chi connectivity index (χ1n) is 5.39. The van der Waals surface area contributed by atoms with E-state index in [0.717, 1.165) is 32.3 Å². The summed E-state index contributed by atoms with van der Waals surface area (Å²) in [5.41, 5.74) is 0. The number of hydrogen-bond acceptors (Lipinski definition) is 3. The third-order valence-corrected chi connectivity index (χ3v) is 3.46. The van der Waals surface area contributed by atoms with Crippen LogP contribution < -0.4 is 0 Å². The highest BCUT2D eigenvalue weighted by Gasteiger charge is 2.36. The number of rotatable bonds is 1. The molecule has 0 N–H and O–H groups in total. The van der Waals surface area contributed by atoms with Gasteiger partial charge in [-0.15, -0.1) is 0 Å². The van der Waals surface area contributed by atoms with Crippen molar-refractivity contribution in [2.75, 3.05) is 26.3 Å². The van der Waals surface area contributed by atoms with Crippen LogP contribution in [-0.4, -0.2) is 49.5 Å². The second kappa shape index (κ2) is 3.23. The van der Waals surface area contributed by atoms with E-state index in [0.29, 0.717) is 12.2 Å². The topological polar surface area (TPSA) is 21.7 Å². The first kappa shape index (κ1) is 8.21. The molecule has 0 aromatic rings. The zero-order valence-corrected chi connectivity index (χ0v) is 7.95. The zero-order chi connectivity index (χ0) is 8.67. The van der Waals surface area contributed by atoms with Gasteiger partial charge < -0.3 is 9.47 Å². The Balaban J connectivity index is 1.64. The van der Waals surface area contributed by atoms with Crippen LogP contribution in [0, 0.1) is 0 Å².